The van der Waals surface area contributed by atoms with Crippen molar-refractivity contribution in [2.24, 2.45) is 0 Å². The minimum Gasteiger partial charge on any atom is -0.493 e. The summed E-state index contributed by atoms with van der Waals surface area (Å²) >= 11 is 0. The summed E-state index contributed by atoms with van der Waals surface area (Å²) in [4.78, 5) is 0.695. The van der Waals surface area contributed by atoms with Crippen LogP contribution in [-0.2, 0) is 16.6 Å². The summed E-state index contributed by atoms with van der Waals surface area (Å²) in [6.45, 7) is 0. The molecule has 0 N–H and O–H groups in total. The molecular weight excluding hydrogens is 324 g/mol. The maximum Gasteiger partial charge on any atom is 0.161 e. The number of hydrogen-bond acceptors (Lipinski definition) is 4. The van der Waals surface area contributed by atoms with Gasteiger partial charge in [0, 0.05) is 22.7 Å². The van der Waals surface area contributed by atoms with Crippen LogP contribution in [0, 0.1) is 0 Å². The Labute approximate surface area is 143 Å². The van der Waals surface area contributed by atoms with Crippen molar-refractivity contribution in [2.45, 2.75) is 10.6 Å². The van der Waals surface area contributed by atoms with Crippen LogP contribution in [0.25, 0.3) is 5.69 Å². The second-order valence-corrected chi connectivity index (χ2v) is 6.59. The van der Waals surface area contributed by atoms with E-state index < -0.39 is 10.8 Å². The van der Waals surface area contributed by atoms with Crippen LogP contribution >= 0.6 is 0 Å². The van der Waals surface area contributed by atoms with Gasteiger partial charge in [-0.3, -0.25) is 4.21 Å². The average Bonchev–Trinajstić information content (AvgIpc) is 3.10. The fraction of sp³-hybridized carbons (Fsp3) is 0.167. The molecule has 0 spiro atoms. The molecular formula is C18H18N2O3S. The zero-order valence-electron chi connectivity index (χ0n) is 13.5. The lowest BCUT2D eigenvalue weighted by molar-refractivity contribution is 0.354. The molecule has 1 atom stereocenters. The second kappa shape index (κ2) is 7.31. The maximum atomic E-state index is 12.6. The highest BCUT2D eigenvalue weighted by Gasteiger charge is 2.11. The fourth-order valence-corrected chi connectivity index (χ4v) is 3.43. The summed E-state index contributed by atoms with van der Waals surface area (Å²) in [5, 5.41) is 4.33. The van der Waals surface area contributed by atoms with Gasteiger partial charge in [0.1, 0.15) is 0 Å². The quantitative estimate of drug-likeness (QED) is 0.690. The number of nitrogens with zero attached hydrogens (tertiary/aromatic N) is 2. The summed E-state index contributed by atoms with van der Waals surface area (Å²) in [6.07, 6.45) is 3.64. The standard InChI is InChI=1S/C18H18N2O3S/c1-22-17-9-8-16(10-18(17)23-2)24(21)13-14-11-19-20(12-14)15-6-4-3-5-7-15/h3-12H,13H2,1-2H3/t24-/m0/s1. The molecule has 124 valence electrons. The number of ether oxygens (including phenoxy) is 2. The van der Waals surface area contributed by atoms with E-state index in [9.17, 15) is 4.21 Å². The third-order valence-electron chi connectivity index (χ3n) is 3.57. The third kappa shape index (κ3) is 3.49. The highest BCUT2D eigenvalue weighted by molar-refractivity contribution is 7.84. The summed E-state index contributed by atoms with van der Waals surface area (Å²) in [5.41, 5.74) is 1.88. The smallest absolute Gasteiger partial charge is 0.161 e. The van der Waals surface area contributed by atoms with Crippen molar-refractivity contribution in [3.8, 4) is 17.2 Å². The number of hydrogen-bond donors (Lipinski definition) is 0. The van der Waals surface area contributed by atoms with Gasteiger partial charge in [-0.15, -0.1) is 0 Å². The predicted octanol–water partition coefficient (Wildman–Crippen LogP) is 3.20. The molecule has 0 aliphatic carbocycles. The number of methoxy groups -OCH3 is 2. The highest BCUT2D eigenvalue weighted by atomic mass is 32.2. The molecule has 3 aromatic rings. The molecule has 3 rings (SSSR count). The van der Waals surface area contributed by atoms with Gasteiger partial charge < -0.3 is 9.47 Å². The summed E-state index contributed by atoms with van der Waals surface area (Å²) in [7, 11) is 1.95. The van der Waals surface area contributed by atoms with Gasteiger partial charge in [0.05, 0.1) is 42.7 Å². The van der Waals surface area contributed by atoms with Crippen LogP contribution < -0.4 is 9.47 Å². The molecule has 0 unspecified atom stereocenters. The normalized spacial score (nSPS) is 11.9. The lowest BCUT2D eigenvalue weighted by Crippen LogP contribution is -1.98. The minimum atomic E-state index is -1.19. The van der Waals surface area contributed by atoms with E-state index in [1.807, 2.05) is 36.5 Å². The third-order valence-corrected chi connectivity index (χ3v) is 4.95. The van der Waals surface area contributed by atoms with Crippen molar-refractivity contribution >= 4 is 10.8 Å². The molecule has 0 bridgehead atoms. The van der Waals surface area contributed by atoms with Gasteiger partial charge >= 0.3 is 0 Å². The van der Waals surface area contributed by atoms with Crippen LogP contribution in [0.2, 0.25) is 0 Å². The molecule has 0 aliphatic heterocycles. The molecule has 6 heteroatoms. The Morgan fingerprint density at radius 1 is 1.04 bits per heavy atom. The molecule has 2 aromatic carbocycles. The maximum absolute atomic E-state index is 12.6. The minimum absolute atomic E-state index is 0.391. The molecule has 24 heavy (non-hydrogen) atoms. The predicted molar refractivity (Wildman–Crippen MR) is 93.2 cm³/mol. The van der Waals surface area contributed by atoms with Gasteiger partial charge in [-0.2, -0.15) is 5.10 Å². The molecule has 0 saturated heterocycles. The second-order valence-electron chi connectivity index (χ2n) is 5.14. The molecule has 0 aliphatic rings. The Kier molecular flexibility index (Phi) is 4.96. The van der Waals surface area contributed by atoms with Gasteiger partial charge in [-0.25, -0.2) is 4.68 Å². The summed E-state index contributed by atoms with van der Waals surface area (Å²) in [6, 6.07) is 15.1. The number of rotatable bonds is 6. The molecule has 1 heterocycles. The Bertz CT molecular complexity index is 846. The number of para-hydroxylation sites is 1. The Morgan fingerprint density at radius 3 is 2.50 bits per heavy atom. The van der Waals surface area contributed by atoms with E-state index in [2.05, 4.69) is 5.10 Å². The highest BCUT2D eigenvalue weighted by Crippen LogP contribution is 2.29. The van der Waals surface area contributed by atoms with Crippen LogP contribution in [0.3, 0.4) is 0 Å². The van der Waals surface area contributed by atoms with Crippen molar-refractivity contribution in [2.75, 3.05) is 14.2 Å². The molecule has 0 fully saturated rings. The van der Waals surface area contributed by atoms with Crippen LogP contribution in [0.4, 0.5) is 0 Å². The van der Waals surface area contributed by atoms with Crippen molar-refractivity contribution < 1.29 is 13.7 Å². The molecule has 0 saturated carbocycles. The summed E-state index contributed by atoms with van der Waals surface area (Å²) < 4.78 is 24.9. The largest absolute Gasteiger partial charge is 0.493 e. The average molecular weight is 342 g/mol. The first-order valence-corrected chi connectivity index (χ1v) is 8.72. The lowest BCUT2D eigenvalue weighted by atomic mass is 10.3. The van der Waals surface area contributed by atoms with Crippen molar-refractivity contribution in [1.29, 1.82) is 0 Å². The fourth-order valence-electron chi connectivity index (χ4n) is 2.35. The topological polar surface area (TPSA) is 53.3 Å². The molecule has 5 nitrogen and oxygen atoms in total. The van der Waals surface area contributed by atoms with Crippen LogP contribution in [0.1, 0.15) is 5.56 Å². The van der Waals surface area contributed by atoms with Crippen molar-refractivity contribution in [3.05, 3.63) is 66.5 Å². The van der Waals surface area contributed by atoms with Gasteiger partial charge in [-0.1, -0.05) is 18.2 Å². The van der Waals surface area contributed by atoms with E-state index in [1.54, 1.807) is 43.3 Å². The monoisotopic (exact) mass is 342 g/mol. The van der Waals surface area contributed by atoms with Crippen molar-refractivity contribution in [1.82, 2.24) is 9.78 Å². The SMILES string of the molecule is COc1ccc([S@@](=O)Cc2cnn(-c3ccccc3)c2)cc1OC. The van der Waals surface area contributed by atoms with Gasteiger partial charge in [-0.05, 0) is 24.3 Å². The molecule has 1 aromatic heterocycles. The Balaban J connectivity index is 1.77. The Morgan fingerprint density at radius 2 is 1.79 bits per heavy atom. The van der Waals surface area contributed by atoms with Crippen LogP contribution in [0.5, 0.6) is 11.5 Å². The van der Waals surface area contributed by atoms with E-state index in [0.717, 1.165) is 11.3 Å². The van der Waals surface area contributed by atoms with Gasteiger partial charge in [0.15, 0.2) is 11.5 Å². The molecule has 0 amide bonds. The molecule has 0 radical (unpaired) electrons. The zero-order valence-corrected chi connectivity index (χ0v) is 14.3. The first-order valence-electron chi connectivity index (χ1n) is 7.40. The first kappa shape index (κ1) is 16.3. The Hall–Kier alpha value is -2.60. The van der Waals surface area contributed by atoms with Gasteiger partial charge in [0.25, 0.3) is 0 Å². The van der Waals surface area contributed by atoms with E-state index in [4.69, 9.17) is 9.47 Å². The van der Waals surface area contributed by atoms with E-state index in [0.29, 0.717) is 22.1 Å². The van der Waals surface area contributed by atoms with E-state index in [-0.39, 0.29) is 0 Å². The van der Waals surface area contributed by atoms with E-state index in [1.165, 1.54) is 0 Å². The van der Waals surface area contributed by atoms with Crippen LogP contribution in [0.15, 0.2) is 65.8 Å². The lowest BCUT2D eigenvalue weighted by Gasteiger charge is -2.09. The number of benzene rings is 2. The van der Waals surface area contributed by atoms with Crippen molar-refractivity contribution in [3.63, 3.8) is 0 Å². The summed E-state index contributed by atoms with van der Waals surface area (Å²) in [5.74, 6) is 1.58. The van der Waals surface area contributed by atoms with Crippen LogP contribution in [-0.4, -0.2) is 28.2 Å². The zero-order chi connectivity index (χ0) is 16.9. The number of aromatic nitrogens is 2. The van der Waals surface area contributed by atoms with Gasteiger partial charge in [0.2, 0.25) is 0 Å². The first-order chi connectivity index (χ1) is 11.7. The van der Waals surface area contributed by atoms with E-state index >= 15 is 0 Å².